The molecule has 2 aliphatic heterocycles. The van der Waals surface area contributed by atoms with Crippen molar-refractivity contribution in [3.05, 3.63) is 42.4 Å². The zero-order valence-electron chi connectivity index (χ0n) is 36.7. The van der Waals surface area contributed by atoms with Crippen LogP contribution in [-0.4, -0.2) is 84.2 Å². The third kappa shape index (κ3) is 9.09. The van der Waals surface area contributed by atoms with Crippen molar-refractivity contribution in [2.75, 3.05) is 13.7 Å². The molecule has 1 aromatic heterocycles. The molecule has 1 aromatic carbocycles. The number of hydrogen-bond donors (Lipinski definition) is 1. The standard InChI is InChI=1S/C42H53F4N3O9S/c1-7-25-16-24(2)10-8-9-11-27-21-41(27,38(53)48-59(54,55)40(5)13-14-40)22-33(50)32-18-28(57-36-29-19-31(43)34(56-6)17-26(29)12-15-47-36)23-49(32)37(52)30(25)20-35(51)58-39(3,4)42(44,45)46/h9,11-12,15,17,19,24-25,27-28,30,32H,7-8,10,13-14,16,18,20-23H2,1-6H3,(H,48,53)/b11-9-/t24-,25+,27+,28+,30-,32-,41+/m0/s1/i5D3. The van der Waals surface area contributed by atoms with Crippen LogP contribution in [0.4, 0.5) is 17.6 Å². The largest absolute Gasteiger partial charge is 0.494 e. The second-order valence-electron chi connectivity index (χ2n) is 17.2. The number of nitrogens with one attached hydrogen (secondary N) is 1. The predicted molar refractivity (Wildman–Crippen MR) is 208 cm³/mol. The highest BCUT2D eigenvalue weighted by Crippen LogP contribution is 2.58. The lowest BCUT2D eigenvalue weighted by Gasteiger charge is -2.34. The number of allylic oxidation sites excluding steroid dienone is 2. The number of carbonyl (C=O) groups is 4. The van der Waals surface area contributed by atoms with E-state index in [-0.39, 0.29) is 55.2 Å². The van der Waals surface area contributed by atoms with Gasteiger partial charge in [-0.25, -0.2) is 17.8 Å². The van der Waals surface area contributed by atoms with Crippen LogP contribution in [0, 0.1) is 34.9 Å². The molecule has 7 atom stereocenters. The first-order valence-corrected chi connectivity index (χ1v) is 21.4. The average molecular weight is 855 g/mol. The molecular formula is C42H53F4N3O9S. The molecule has 0 unspecified atom stereocenters. The third-order valence-corrected chi connectivity index (χ3v) is 14.4. The number of esters is 1. The Balaban J connectivity index is 1.38. The van der Waals surface area contributed by atoms with Gasteiger partial charge in [0.05, 0.1) is 42.2 Å². The van der Waals surface area contributed by atoms with Gasteiger partial charge in [0, 0.05) is 28.5 Å². The van der Waals surface area contributed by atoms with Crippen molar-refractivity contribution in [3.8, 4) is 11.6 Å². The van der Waals surface area contributed by atoms with Crippen LogP contribution >= 0.6 is 0 Å². The highest BCUT2D eigenvalue weighted by molar-refractivity contribution is 7.91. The first-order valence-electron chi connectivity index (χ1n) is 21.4. The van der Waals surface area contributed by atoms with Gasteiger partial charge in [0.2, 0.25) is 33.3 Å². The van der Waals surface area contributed by atoms with Crippen LogP contribution in [0.15, 0.2) is 36.5 Å². The molecular weight excluding hydrogens is 799 g/mol. The summed E-state index contributed by atoms with van der Waals surface area (Å²) in [7, 11) is -3.44. The monoisotopic (exact) mass is 854 g/mol. The van der Waals surface area contributed by atoms with Gasteiger partial charge in [-0.1, -0.05) is 32.4 Å². The number of nitrogens with zero attached hydrogens (tertiary/aromatic N) is 2. The molecule has 324 valence electrons. The van der Waals surface area contributed by atoms with Crippen LogP contribution in [0.1, 0.15) is 103 Å². The molecule has 1 N–H and O–H groups in total. The first kappa shape index (κ1) is 40.1. The fourth-order valence-electron chi connectivity index (χ4n) is 8.37. The smallest absolute Gasteiger partial charge is 0.427 e. The van der Waals surface area contributed by atoms with Gasteiger partial charge in [0.25, 0.3) is 0 Å². The molecule has 2 aliphatic carbocycles. The van der Waals surface area contributed by atoms with Gasteiger partial charge in [-0.3, -0.25) is 23.9 Å². The maximum absolute atomic E-state index is 15.0. The Bertz CT molecular complexity index is 2230. The van der Waals surface area contributed by atoms with E-state index in [2.05, 4.69) is 4.98 Å². The van der Waals surface area contributed by atoms with E-state index in [9.17, 15) is 45.2 Å². The van der Waals surface area contributed by atoms with E-state index in [4.69, 9.17) is 18.3 Å². The van der Waals surface area contributed by atoms with Crippen molar-refractivity contribution in [1.82, 2.24) is 14.6 Å². The zero-order chi connectivity index (χ0) is 45.8. The van der Waals surface area contributed by atoms with E-state index in [0.29, 0.717) is 44.9 Å². The number of Topliss-reactive ketones (excluding diaryl/α,β-unsaturated/α-hetero) is 1. The number of rotatable bonds is 10. The SMILES string of the molecule is [2H]C([2H])([2H])C1(S(=O)(=O)NC(=O)[C@]23CC(=O)[C@@H]4C[C@@H](Oc5nccc6cc(OC)c(F)cc56)CN4C(=O)[C@@H](CC(=O)OC(C)(C)C(F)(F)F)[C@H](CC)C[C@@H](C)CC/C=C\[C@@H]2C3)CC1. The highest BCUT2D eigenvalue weighted by Gasteiger charge is 2.63. The number of amides is 2. The molecule has 0 bridgehead atoms. The molecule has 2 aromatic rings. The Morgan fingerprint density at radius 1 is 1.15 bits per heavy atom. The lowest BCUT2D eigenvalue weighted by atomic mass is 9.79. The quantitative estimate of drug-likeness (QED) is 0.150. The molecule has 0 spiro atoms. The van der Waals surface area contributed by atoms with Crippen molar-refractivity contribution in [3.63, 3.8) is 0 Å². The summed E-state index contributed by atoms with van der Waals surface area (Å²) in [6.07, 6.45) is -0.969. The van der Waals surface area contributed by atoms with Gasteiger partial charge >= 0.3 is 12.1 Å². The van der Waals surface area contributed by atoms with Crippen molar-refractivity contribution in [1.29, 1.82) is 0 Å². The van der Waals surface area contributed by atoms with Crippen LogP contribution in [0.2, 0.25) is 0 Å². The lowest BCUT2D eigenvalue weighted by molar-refractivity contribution is -0.257. The molecule has 4 aliphatic rings. The average Bonchev–Trinajstić information content (AvgIpc) is 4.09. The lowest BCUT2D eigenvalue weighted by Crippen LogP contribution is -2.49. The Morgan fingerprint density at radius 3 is 2.53 bits per heavy atom. The molecule has 2 saturated carbocycles. The van der Waals surface area contributed by atoms with Gasteiger partial charge in [0.1, 0.15) is 6.10 Å². The maximum atomic E-state index is 15.0. The fourth-order valence-corrected chi connectivity index (χ4v) is 9.66. The molecule has 1 saturated heterocycles. The molecule has 12 nitrogen and oxygen atoms in total. The topological polar surface area (TPSA) is 158 Å². The van der Waals surface area contributed by atoms with Crippen LogP contribution in [0.25, 0.3) is 10.8 Å². The number of methoxy groups -OCH3 is 1. The number of ether oxygens (including phenoxy) is 3. The number of ketones is 1. The predicted octanol–water partition coefficient (Wildman–Crippen LogP) is 6.99. The molecule has 59 heavy (non-hydrogen) atoms. The van der Waals surface area contributed by atoms with Crippen molar-refractivity contribution < 1.29 is 63.5 Å². The summed E-state index contributed by atoms with van der Waals surface area (Å²) in [5.74, 6) is -6.98. The second kappa shape index (κ2) is 16.3. The molecule has 3 heterocycles. The summed E-state index contributed by atoms with van der Waals surface area (Å²) in [5.41, 5.74) is -4.50. The van der Waals surface area contributed by atoms with Crippen molar-refractivity contribution >= 4 is 44.4 Å². The molecule has 2 amide bonds. The summed E-state index contributed by atoms with van der Waals surface area (Å²) in [6.45, 7) is 1.92. The number of sulfonamides is 1. The molecule has 3 fully saturated rings. The summed E-state index contributed by atoms with van der Waals surface area (Å²) < 4.78 is 123. The van der Waals surface area contributed by atoms with E-state index < -0.39 is 111 Å². The summed E-state index contributed by atoms with van der Waals surface area (Å²) >= 11 is 0. The number of fused-ring (bicyclic) bond motifs is 3. The Morgan fingerprint density at radius 2 is 1.88 bits per heavy atom. The summed E-state index contributed by atoms with van der Waals surface area (Å²) in [4.78, 5) is 62.7. The van der Waals surface area contributed by atoms with E-state index in [1.54, 1.807) is 19.1 Å². The highest BCUT2D eigenvalue weighted by atomic mass is 32.2. The van der Waals surface area contributed by atoms with Gasteiger partial charge in [-0.2, -0.15) is 13.2 Å². The summed E-state index contributed by atoms with van der Waals surface area (Å²) in [6, 6.07) is 2.86. The van der Waals surface area contributed by atoms with Gasteiger partial charge < -0.3 is 19.1 Å². The van der Waals surface area contributed by atoms with Gasteiger partial charge in [-0.15, -0.1) is 0 Å². The second-order valence-corrected chi connectivity index (χ2v) is 19.1. The Hall–Kier alpha value is -4.28. The van der Waals surface area contributed by atoms with E-state index >= 15 is 0 Å². The number of alkyl halides is 3. The summed E-state index contributed by atoms with van der Waals surface area (Å²) in [5, 5.41) is 0.742. The zero-order valence-corrected chi connectivity index (χ0v) is 34.5. The van der Waals surface area contributed by atoms with Crippen LogP contribution in [0.5, 0.6) is 11.6 Å². The van der Waals surface area contributed by atoms with E-state index in [0.717, 1.165) is 6.07 Å². The molecule has 6 rings (SSSR count). The van der Waals surface area contributed by atoms with Crippen LogP contribution < -0.4 is 14.2 Å². The van der Waals surface area contributed by atoms with Gasteiger partial charge in [0.15, 0.2) is 17.3 Å². The molecule has 17 heteroatoms. The number of aromatic nitrogens is 1. The number of hydrogen-bond acceptors (Lipinski definition) is 10. The third-order valence-electron chi connectivity index (χ3n) is 12.5. The minimum Gasteiger partial charge on any atom is -0.494 e. The van der Waals surface area contributed by atoms with E-state index in [1.807, 2.05) is 17.7 Å². The fraction of sp³-hybridized carbons (Fsp3) is 0.643. The Kier molecular flexibility index (Phi) is 11.1. The van der Waals surface area contributed by atoms with E-state index in [1.165, 1.54) is 24.3 Å². The minimum atomic E-state index is -4.92. The number of pyridine rings is 1. The van der Waals surface area contributed by atoms with Gasteiger partial charge in [-0.05, 0) is 101 Å². The normalized spacial score (nSPS) is 30.3. The van der Waals surface area contributed by atoms with Crippen molar-refractivity contribution in [2.24, 2.45) is 29.1 Å². The first-order chi connectivity index (χ1) is 28.8. The van der Waals surface area contributed by atoms with Crippen molar-refractivity contribution in [2.45, 2.75) is 127 Å². The van der Waals surface area contributed by atoms with Crippen LogP contribution in [-0.2, 0) is 33.9 Å². The minimum absolute atomic E-state index is 0.0368. The number of halogens is 4. The number of benzene rings is 1. The maximum Gasteiger partial charge on any atom is 0.427 e. The Labute approximate surface area is 346 Å². The number of carbonyl (C=O) groups excluding carboxylic acids is 4. The molecule has 0 radical (unpaired) electrons. The van der Waals surface area contributed by atoms with Crippen LogP contribution in [0.3, 0.4) is 0 Å².